The van der Waals surface area contributed by atoms with E-state index < -0.39 is 37.1 Å². The lowest BCUT2D eigenvalue weighted by Gasteiger charge is -2.27. The molecule has 2 bridgehead atoms. The van der Waals surface area contributed by atoms with Crippen molar-refractivity contribution in [2.75, 3.05) is 11.4 Å². The lowest BCUT2D eigenvalue weighted by Crippen LogP contribution is -2.26. The lowest BCUT2D eigenvalue weighted by atomic mass is 9.98. The summed E-state index contributed by atoms with van der Waals surface area (Å²) < 4.78 is 68.2. The van der Waals surface area contributed by atoms with Crippen molar-refractivity contribution < 1.29 is 12.6 Å². The predicted molar refractivity (Wildman–Crippen MR) is 106 cm³/mol. The summed E-state index contributed by atoms with van der Waals surface area (Å²) in [6, 6.07) is 0.834. The summed E-state index contributed by atoms with van der Waals surface area (Å²) in [6.07, 6.45) is -0.830. The van der Waals surface area contributed by atoms with Crippen LogP contribution in [0.4, 0.5) is 10.2 Å². The van der Waals surface area contributed by atoms with Crippen molar-refractivity contribution in [2.24, 2.45) is 0 Å². The molecule has 28 heavy (non-hydrogen) atoms. The largest absolute Gasteiger partial charge is 0.382 e. The monoisotopic (exact) mass is 384 g/mol. The molecule has 3 aromatic rings. The fraction of sp³-hybridized carbons (Fsp3) is 0.381. The zero-order chi connectivity index (χ0) is 24.6. The van der Waals surface area contributed by atoms with Crippen LogP contribution in [0, 0.1) is 5.82 Å². The highest BCUT2D eigenvalue weighted by molar-refractivity contribution is 5.74. The number of rotatable bonds is 0. The van der Waals surface area contributed by atoms with Crippen LogP contribution in [-0.4, -0.2) is 32.1 Å². The fourth-order valence-corrected chi connectivity index (χ4v) is 3.67. The Morgan fingerprint density at radius 3 is 3.18 bits per heavy atom. The molecule has 3 aromatic heterocycles. The first-order valence-electron chi connectivity index (χ1n) is 12.1. The molecule has 0 amide bonds. The standard InChI is InChI=1S/C21H23FN6/c1-13-5-6-18-16(10-15(22)11-23-18)19-4-3-8-27(19)20-7-9-28-21(26-20)17(12-24-28)14(2)25-13/h7,9-13,19,25H,2-6,8H2,1H3/t13-,19-/m1/s1/i5D2,6D2,8D2. The Labute approximate surface area is 171 Å². The third-order valence-corrected chi connectivity index (χ3v) is 4.98. The molecule has 2 aliphatic heterocycles. The van der Waals surface area contributed by atoms with Crippen molar-refractivity contribution >= 4 is 17.2 Å². The van der Waals surface area contributed by atoms with E-state index in [9.17, 15) is 4.39 Å². The van der Waals surface area contributed by atoms with Gasteiger partial charge in [0.15, 0.2) is 5.65 Å². The minimum Gasteiger partial charge on any atom is -0.382 e. The maximum Gasteiger partial charge on any atom is 0.166 e. The first-order chi connectivity index (χ1) is 15.8. The van der Waals surface area contributed by atoms with E-state index in [1.54, 1.807) is 12.3 Å². The summed E-state index contributed by atoms with van der Waals surface area (Å²) in [5.41, 5.74) is 0.968. The van der Waals surface area contributed by atoms with E-state index in [4.69, 9.17) is 8.22 Å². The van der Waals surface area contributed by atoms with Crippen molar-refractivity contribution in [2.45, 2.75) is 44.6 Å². The molecule has 0 unspecified atom stereocenters. The van der Waals surface area contributed by atoms with Crippen molar-refractivity contribution in [3.63, 3.8) is 0 Å². The maximum atomic E-state index is 14.4. The van der Waals surface area contributed by atoms with Crippen LogP contribution < -0.4 is 10.2 Å². The van der Waals surface area contributed by atoms with Gasteiger partial charge in [0.25, 0.3) is 0 Å². The Balaban J connectivity index is 1.83. The third kappa shape index (κ3) is 2.82. The number of halogens is 1. The van der Waals surface area contributed by atoms with Crippen molar-refractivity contribution in [1.82, 2.24) is 24.9 Å². The molecule has 0 aromatic carbocycles. The Kier molecular flexibility index (Phi) is 2.77. The van der Waals surface area contributed by atoms with Crippen LogP contribution in [0.3, 0.4) is 0 Å². The van der Waals surface area contributed by atoms with Gasteiger partial charge in [0.1, 0.15) is 11.6 Å². The Hall–Kier alpha value is -2.96. The normalized spacial score (nSPS) is 30.8. The average molecular weight is 384 g/mol. The van der Waals surface area contributed by atoms with Gasteiger partial charge >= 0.3 is 0 Å². The number of nitrogens with one attached hydrogen (secondary N) is 1. The van der Waals surface area contributed by atoms with Gasteiger partial charge < -0.3 is 10.2 Å². The number of anilines is 1. The van der Waals surface area contributed by atoms with E-state index >= 15 is 0 Å². The van der Waals surface area contributed by atoms with Crippen LogP contribution in [-0.2, 0) is 6.37 Å². The van der Waals surface area contributed by atoms with Gasteiger partial charge in [-0.2, -0.15) is 5.10 Å². The summed E-state index contributed by atoms with van der Waals surface area (Å²) in [4.78, 5) is 10.1. The van der Waals surface area contributed by atoms with E-state index in [1.165, 1.54) is 22.5 Å². The fourth-order valence-electron chi connectivity index (χ4n) is 3.67. The first kappa shape index (κ1) is 11.8. The molecular weight excluding hydrogens is 355 g/mol. The van der Waals surface area contributed by atoms with Crippen molar-refractivity contribution in [3.8, 4) is 0 Å². The Bertz CT molecular complexity index is 1310. The van der Waals surface area contributed by atoms with E-state index in [0.717, 1.165) is 12.3 Å². The van der Waals surface area contributed by atoms with Crippen LogP contribution in [0.25, 0.3) is 11.3 Å². The van der Waals surface area contributed by atoms with Gasteiger partial charge in [0, 0.05) is 38.4 Å². The molecule has 144 valence electrons. The third-order valence-electron chi connectivity index (χ3n) is 4.98. The smallest absolute Gasteiger partial charge is 0.166 e. The van der Waals surface area contributed by atoms with Gasteiger partial charge in [-0.1, -0.05) is 6.58 Å². The second kappa shape index (κ2) is 6.58. The van der Waals surface area contributed by atoms with Crippen molar-refractivity contribution in [1.29, 1.82) is 0 Å². The number of pyridine rings is 1. The molecule has 5 heterocycles. The van der Waals surface area contributed by atoms with Gasteiger partial charge in [-0.15, -0.1) is 0 Å². The highest BCUT2D eigenvalue weighted by Gasteiger charge is 2.30. The lowest BCUT2D eigenvalue weighted by molar-refractivity contribution is 0.575. The summed E-state index contributed by atoms with van der Waals surface area (Å²) in [7, 11) is 0. The molecule has 5 rings (SSSR count). The van der Waals surface area contributed by atoms with E-state index in [0.29, 0.717) is 16.9 Å². The Morgan fingerprint density at radius 2 is 2.29 bits per heavy atom. The summed E-state index contributed by atoms with van der Waals surface area (Å²) in [6.45, 7) is 3.61. The maximum absolute atomic E-state index is 14.4. The number of aryl methyl sites for hydroxylation is 1. The zero-order valence-corrected chi connectivity index (χ0v) is 15.3. The molecule has 0 radical (unpaired) electrons. The first-order valence-corrected chi connectivity index (χ1v) is 9.10. The van der Waals surface area contributed by atoms with E-state index in [1.807, 2.05) is 0 Å². The molecule has 0 spiro atoms. The van der Waals surface area contributed by atoms with Crippen LogP contribution in [0.1, 0.15) is 57.2 Å². The molecule has 2 aliphatic rings. The molecule has 6 nitrogen and oxygen atoms in total. The highest BCUT2D eigenvalue weighted by atomic mass is 19.1. The number of aromatic nitrogens is 4. The van der Waals surface area contributed by atoms with E-state index in [2.05, 4.69) is 27.0 Å². The molecule has 1 N–H and O–H groups in total. The van der Waals surface area contributed by atoms with Crippen molar-refractivity contribution in [3.05, 3.63) is 59.9 Å². The van der Waals surface area contributed by atoms with Crippen LogP contribution in [0.5, 0.6) is 0 Å². The topological polar surface area (TPSA) is 58.4 Å². The number of fused-ring (bicyclic) bond motifs is 5. The number of hydrogen-bond acceptors (Lipinski definition) is 5. The molecule has 0 saturated carbocycles. The highest BCUT2D eigenvalue weighted by Crippen LogP contribution is 2.37. The number of hydrogen-bond donors (Lipinski definition) is 1. The van der Waals surface area contributed by atoms with Gasteiger partial charge in [-0.25, -0.2) is 13.9 Å². The second-order valence-electron chi connectivity index (χ2n) is 6.90. The second-order valence-corrected chi connectivity index (χ2v) is 6.90. The minimum absolute atomic E-state index is 0.0904. The SMILES string of the molecule is [2H]C1([2H])CC[C@@H]2c3cc(F)cnc3C([2H])([2H])C([2H])([2H])[C@@H](C)NC(=C)c3cnn4ccc(nc34)N21. The molecule has 1 fully saturated rings. The summed E-state index contributed by atoms with van der Waals surface area (Å²) in [5.74, 6) is -0.450. The average Bonchev–Trinajstić information content (AvgIpc) is 3.32. The van der Waals surface area contributed by atoms with Gasteiger partial charge in [-0.3, -0.25) is 4.98 Å². The molecule has 1 saturated heterocycles. The molecular formula is C21H23FN6. The Morgan fingerprint density at radius 1 is 1.39 bits per heavy atom. The van der Waals surface area contributed by atoms with Gasteiger partial charge in [0.2, 0.25) is 0 Å². The number of nitrogens with zero attached hydrogens (tertiary/aromatic N) is 5. The summed E-state index contributed by atoms with van der Waals surface area (Å²) >= 11 is 0. The van der Waals surface area contributed by atoms with E-state index in [-0.39, 0.29) is 29.9 Å². The molecule has 7 heteroatoms. The van der Waals surface area contributed by atoms with Crippen LogP contribution >= 0.6 is 0 Å². The summed E-state index contributed by atoms with van der Waals surface area (Å²) in [5, 5.41) is 7.19. The zero-order valence-electron chi connectivity index (χ0n) is 21.3. The predicted octanol–water partition coefficient (Wildman–Crippen LogP) is 3.50. The van der Waals surface area contributed by atoms with Crippen LogP contribution in [0.15, 0.2) is 37.3 Å². The van der Waals surface area contributed by atoms with Crippen LogP contribution in [0.2, 0.25) is 0 Å². The minimum atomic E-state index is -2.65. The van der Waals surface area contributed by atoms with Gasteiger partial charge in [-0.05, 0) is 50.2 Å². The van der Waals surface area contributed by atoms with Gasteiger partial charge in [0.05, 0.1) is 24.0 Å². The molecule has 2 atom stereocenters. The molecule has 0 aliphatic carbocycles. The quantitative estimate of drug-likeness (QED) is 0.643.